The van der Waals surface area contributed by atoms with Crippen LogP contribution in [0.15, 0.2) is 59.0 Å². The van der Waals surface area contributed by atoms with Gasteiger partial charge in [0.25, 0.3) is 0 Å². The second-order valence-corrected chi connectivity index (χ2v) is 7.44. The molecule has 0 aliphatic heterocycles. The van der Waals surface area contributed by atoms with Crippen LogP contribution in [0.3, 0.4) is 0 Å². The van der Waals surface area contributed by atoms with E-state index in [1.807, 2.05) is 24.3 Å². The maximum absolute atomic E-state index is 10.0. The lowest BCUT2D eigenvalue weighted by Gasteiger charge is -2.11. The van der Waals surface area contributed by atoms with Gasteiger partial charge in [-0.15, -0.1) is 0 Å². The quantitative estimate of drug-likeness (QED) is 0.402. The predicted molar refractivity (Wildman–Crippen MR) is 121 cm³/mol. The molecule has 0 amide bonds. The molecule has 5 aromatic rings. The maximum atomic E-state index is 10.0. The minimum Gasteiger partial charge on any atom is -0.496 e. The molecule has 5 rings (SSSR count). The Morgan fingerprint density at radius 3 is 2.53 bits per heavy atom. The highest BCUT2D eigenvalue weighted by Gasteiger charge is 2.25. The minimum atomic E-state index is 0.135. The van der Waals surface area contributed by atoms with Crippen LogP contribution in [-0.4, -0.2) is 16.5 Å². The van der Waals surface area contributed by atoms with Crippen LogP contribution in [0, 0.1) is 22.7 Å². The van der Waals surface area contributed by atoms with Crippen molar-refractivity contribution in [1.29, 1.82) is 10.5 Å². The van der Waals surface area contributed by atoms with Gasteiger partial charge in [-0.2, -0.15) is 10.5 Å². The molecule has 2 N–H and O–H groups in total. The summed E-state index contributed by atoms with van der Waals surface area (Å²) < 4.78 is 13.1. The van der Waals surface area contributed by atoms with Crippen molar-refractivity contribution < 1.29 is 9.15 Å². The summed E-state index contributed by atoms with van der Waals surface area (Å²) >= 11 is 6.16. The van der Waals surface area contributed by atoms with Gasteiger partial charge in [0.2, 0.25) is 0 Å². The van der Waals surface area contributed by atoms with Crippen LogP contribution in [0.1, 0.15) is 11.1 Å². The maximum Gasteiger partial charge on any atom is 0.158 e. The van der Waals surface area contributed by atoms with Crippen LogP contribution in [0.2, 0.25) is 5.02 Å². The van der Waals surface area contributed by atoms with Crippen molar-refractivity contribution in [2.24, 2.45) is 0 Å². The molecular weight excluding hydrogens is 426 g/mol. The third-order valence-corrected chi connectivity index (χ3v) is 5.52. The van der Waals surface area contributed by atoms with Crippen LogP contribution >= 0.6 is 11.6 Å². The topological polar surface area (TPSA) is 113 Å². The summed E-state index contributed by atoms with van der Waals surface area (Å²) in [6.45, 7) is 0. The molecule has 2 aromatic carbocycles. The number of para-hydroxylation sites is 2. The highest BCUT2D eigenvalue weighted by atomic mass is 35.5. The first-order valence-electron chi connectivity index (χ1n) is 9.54. The molecule has 8 heteroatoms. The lowest BCUT2D eigenvalue weighted by molar-refractivity contribution is 0.415. The second kappa shape index (κ2) is 7.35. The van der Waals surface area contributed by atoms with E-state index in [2.05, 4.69) is 17.1 Å². The number of nitrogens with zero attached hydrogens (tertiary/aromatic N) is 4. The number of nitriles is 2. The molecule has 3 aromatic heterocycles. The first-order valence-corrected chi connectivity index (χ1v) is 9.92. The summed E-state index contributed by atoms with van der Waals surface area (Å²) in [6.07, 6.45) is 0. The highest BCUT2D eigenvalue weighted by Crippen LogP contribution is 2.40. The number of benzene rings is 2. The Morgan fingerprint density at radius 2 is 1.78 bits per heavy atom. The summed E-state index contributed by atoms with van der Waals surface area (Å²) in [5.74, 6) is 1.55. The molecule has 0 aliphatic carbocycles. The van der Waals surface area contributed by atoms with Crippen molar-refractivity contribution in [3.05, 3.63) is 70.7 Å². The lowest BCUT2D eigenvalue weighted by atomic mass is 10.0. The Bertz CT molecular complexity index is 1620. The van der Waals surface area contributed by atoms with Crippen LogP contribution < -0.4 is 10.5 Å². The first kappa shape index (κ1) is 19.5. The van der Waals surface area contributed by atoms with Crippen molar-refractivity contribution in [3.8, 4) is 40.5 Å². The number of furan rings is 1. The fraction of sp³-hybridized carbons (Fsp3) is 0.0417. The Morgan fingerprint density at radius 1 is 1.03 bits per heavy atom. The number of hydrogen-bond acceptors (Lipinski definition) is 6. The summed E-state index contributed by atoms with van der Waals surface area (Å²) in [7, 11) is 1.55. The van der Waals surface area contributed by atoms with Crippen molar-refractivity contribution in [2.45, 2.75) is 0 Å². The van der Waals surface area contributed by atoms with Gasteiger partial charge >= 0.3 is 0 Å². The molecule has 0 saturated carbocycles. The third-order valence-electron chi connectivity index (χ3n) is 5.28. The molecule has 32 heavy (non-hydrogen) atoms. The zero-order chi connectivity index (χ0) is 22.4. The molecule has 0 bridgehead atoms. The number of nitrogen functional groups attached to an aromatic ring is 1. The minimum absolute atomic E-state index is 0.135. The molecule has 7 nitrogen and oxygen atoms in total. The van der Waals surface area contributed by atoms with E-state index in [0.717, 1.165) is 0 Å². The van der Waals surface area contributed by atoms with E-state index in [1.54, 1.807) is 41.8 Å². The average Bonchev–Trinajstić information content (AvgIpc) is 3.44. The van der Waals surface area contributed by atoms with Crippen LogP contribution in [0.25, 0.3) is 39.3 Å². The largest absolute Gasteiger partial charge is 0.496 e. The van der Waals surface area contributed by atoms with Gasteiger partial charge in [0.05, 0.1) is 29.3 Å². The number of rotatable bonds is 3. The molecule has 0 spiro atoms. The number of hydrogen-bond donors (Lipinski definition) is 1. The van der Waals surface area contributed by atoms with E-state index in [4.69, 9.17) is 26.5 Å². The molecule has 3 heterocycles. The molecule has 0 radical (unpaired) electrons. The smallest absolute Gasteiger partial charge is 0.158 e. The third kappa shape index (κ3) is 2.77. The number of aromatic nitrogens is 2. The lowest BCUT2D eigenvalue weighted by Crippen LogP contribution is -2.05. The van der Waals surface area contributed by atoms with Crippen molar-refractivity contribution in [3.63, 3.8) is 0 Å². The van der Waals surface area contributed by atoms with Gasteiger partial charge in [-0.05, 0) is 42.5 Å². The van der Waals surface area contributed by atoms with Crippen LogP contribution in [0.4, 0.5) is 5.82 Å². The molecule has 0 fully saturated rings. The number of ether oxygens (including phenoxy) is 1. The fourth-order valence-electron chi connectivity index (χ4n) is 3.87. The van der Waals surface area contributed by atoms with E-state index >= 15 is 0 Å². The summed E-state index contributed by atoms with van der Waals surface area (Å²) in [5, 5.41) is 20.5. The standard InChI is InChI=1S/C24H14ClN5O2/c1-31-19-7-6-13(25)10-14(19)20-8-9-21(32-20)22-15(11-26)23(28)30-18-5-3-2-4-17(18)29-24(30)16(22)12-27/h2-10H,28H2,1H3. The van der Waals surface area contributed by atoms with E-state index in [1.165, 1.54) is 0 Å². The van der Waals surface area contributed by atoms with E-state index in [-0.39, 0.29) is 16.9 Å². The normalized spacial score (nSPS) is 10.9. The fourth-order valence-corrected chi connectivity index (χ4v) is 4.04. The summed E-state index contributed by atoms with van der Waals surface area (Å²) in [4.78, 5) is 4.58. The molecule has 0 aliphatic rings. The van der Waals surface area contributed by atoms with Crippen LogP contribution in [-0.2, 0) is 0 Å². The zero-order valence-corrected chi connectivity index (χ0v) is 17.5. The van der Waals surface area contributed by atoms with Gasteiger partial charge in [-0.1, -0.05) is 23.7 Å². The number of imidazole rings is 1. The Labute approximate surface area is 187 Å². The Hall–Kier alpha value is -4.46. The zero-order valence-electron chi connectivity index (χ0n) is 16.8. The van der Waals surface area contributed by atoms with Gasteiger partial charge in [0, 0.05) is 5.02 Å². The van der Waals surface area contributed by atoms with Crippen molar-refractivity contribution in [1.82, 2.24) is 9.38 Å². The van der Waals surface area contributed by atoms with Crippen molar-refractivity contribution in [2.75, 3.05) is 12.8 Å². The molecule has 0 unspecified atom stereocenters. The van der Waals surface area contributed by atoms with Crippen molar-refractivity contribution >= 4 is 34.1 Å². The van der Waals surface area contributed by atoms with Gasteiger partial charge in [-0.3, -0.25) is 4.40 Å². The van der Waals surface area contributed by atoms with Gasteiger partial charge < -0.3 is 14.9 Å². The predicted octanol–water partition coefficient (Wildman–Crippen LogP) is 5.40. The number of fused-ring (bicyclic) bond motifs is 3. The molecular formula is C24H14ClN5O2. The molecule has 0 saturated heterocycles. The first-order chi connectivity index (χ1) is 15.6. The van der Waals surface area contributed by atoms with E-state index in [9.17, 15) is 10.5 Å². The Balaban J connectivity index is 1.81. The second-order valence-electron chi connectivity index (χ2n) is 7.00. The summed E-state index contributed by atoms with van der Waals surface area (Å²) in [5.41, 5.74) is 9.41. The average molecular weight is 440 g/mol. The van der Waals surface area contributed by atoms with Gasteiger partial charge in [0.15, 0.2) is 5.65 Å². The van der Waals surface area contributed by atoms with E-state index in [0.29, 0.717) is 50.1 Å². The number of halogens is 1. The monoisotopic (exact) mass is 439 g/mol. The number of methoxy groups -OCH3 is 1. The van der Waals surface area contributed by atoms with E-state index < -0.39 is 0 Å². The Kier molecular flexibility index (Phi) is 4.48. The highest BCUT2D eigenvalue weighted by molar-refractivity contribution is 6.31. The van der Waals surface area contributed by atoms with Gasteiger partial charge in [-0.25, -0.2) is 4.98 Å². The molecule has 154 valence electrons. The number of nitrogens with two attached hydrogens (primary N) is 1. The SMILES string of the molecule is COc1ccc(Cl)cc1-c1ccc(-c2c(C#N)c(N)n3c(nc4ccccc43)c2C#N)o1. The van der Waals surface area contributed by atoms with Crippen LogP contribution in [0.5, 0.6) is 5.75 Å². The van der Waals surface area contributed by atoms with Gasteiger partial charge in [0.1, 0.15) is 46.4 Å². The summed E-state index contributed by atoms with van der Waals surface area (Å²) in [6, 6.07) is 20.3. The molecule has 0 atom stereocenters. The number of anilines is 1. The number of pyridine rings is 1.